The maximum Gasteiger partial charge on any atom is 0.405 e. The van der Waals surface area contributed by atoms with Gasteiger partial charge < -0.3 is 4.89 Å². The van der Waals surface area contributed by atoms with Gasteiger partial charge in [0.1, 0.15) is 0 Å². The van der Waals surface area contributed by atoms with Crippen LogP contribution >= 0.6 is 7.75 Å². The van der Waals surface area contributed by atoms with E-state index in [1.807, 2.05) is 4.67 Å². The number of unbranched alkanes of at least 4 members (excludes halogenated alkanes) is 35. The molecular formula is C44H92NO3P. The van der Waals surface area contributed by atoms with Crippen molar-refractivity contribution in [3.8, 4) is 0 Å². The van der Waals surface area contributed by atoms with Crippen LogP contribution in [0.3, 0.4) is 0 Å². The first kappa shape index (κ1) is 49.1. The molecule has 49 heavy (non-hydrogen) atoms. The summed E-state index contributed by atoms with van der Waals surface area (Å²) in [4.78, 5) is 10.9. The molecule has 4 nitrogen and oxygen atoms in total. The second-order valence-corrected chi connectivity index (χ2v) is 17.5. The highest BCUT2D eigenvalue weighted by Crippen LogP contribution is 2.47. The van der Waals surface area contributed by atoms with Crippen LogP contribution in [0.4, 0.5) is 0 Å². The Morgan fingerprint density at radius 3 is 0.796 bits per heavy atom. The van der Waals surface area contributed by atoms with Gasteiger partial charge in [-0.2, -0.15) is 0 Å². The first-order valence-electron chi connectivity index (χ1n) is 22.8. The van der Waals surface area contributed by atoms with E-state index in [0.29, 0.717) is 19.7 Å². The Morgan fingerprint density at radius 1 is 0.347 bits per heavy atom. The van der Waals surface area contributed by atoms with Crippen molar-refractivity contribution in [2.24, 2.45) is 0 Å². The van der Waals surface area contributed by atoms with Gasteiger partial charge in [0.05, 0.1) is 6.61 Å². The van der Waals surface area contributed by atoms with Crippen LogP contribution in [-0.2, 0) is 9.09 Å². The number of nitrogens with zero attached hydrogens (tertiary/aromatic N) is 1. The molecular weight excluding hydrogens is 621 g/mol. The topological polar surface area (TPSA) is 49.8 Å². The standard InChI is InChI=1S/C44H92NO3P/c1-4-7-10-13-16-18-20-22-24-26-28-30-32-34-36-39-42-45(49(46,47)48-44-41-38-15-12-9-6-3)43-40-37-35-33-31-29-27-25-23-21-19-17-14-11-8-5-2/h4-44H2,1-3H3,(H,46,47). The molecule has 0 radical (unpaired) electrons. The SMILES string of the molecule is CCCCCCCCCCCCCCCCCCN(CCCCCCCCCCCCCCCCCC)P(=O)(O)OCCCCCCCC. The zero-order valence-corrected chi connectivity index (χ0v) is 35.0. The lowest BCUT2D eigenvalue weighted by molar-refractivity contribution is 0.194. The number of hydrogen-bond acceptors (Lipinski definition) is 2. The van der Waals surface area contributed by atoms with E-state index in [-0.39, 0.29) is 0 Å². The maximum absolute atomic E-state index is 13.3. The van der Waals surface area contributed by atoms with Crippen molar-refractivity contribution in [1.82, 2.24) is 4.67 Å². The van der Waals surface area contributed by atoms with E-state index in [9.17, 15) is 9.46 Å². The molecule has 0 aromatic carbocycles. The molecule has 0 aliphatic rings. The maximum atomic E-state index is 13.3. The van der Waals surface area contributed by atoms with Gasteiger partial charge in [-0.1, -0.05) is 245 Å². The van der Waals surface area contributed by atoms with E-state index in [4.69, 9.17) is 4.52 Å². The Hall–Kier alpha value is 0.110. The van der Waals surface area contributed by atoms with Crippen molar-refractivity contribution < 1.29 is 14.0 Å². The van der Waals surface area contributed by atoms with E-state index in [1.165, 1.54) is 205 Å². The van der Waals surface area contributed by atoms with Crippen molar-refractivity contribution in [3.05, 3.63) is 0 Å². The molecule has 0 saturated heterocycles. The van der Waals surface area contributed by atoms with Crippen LogP contribution in [0, 0.1) is 0 Å². The molecule has 1 N–H and O–H groups in total. The van der Waals surface area contributed by atoms with Crippen LogP contribution < -0.4 is 0 Å². The fraction of sp³-hybridized carbons (Fsp3) is 1.00. The summed E-state index contributed by atoms with van der Waals surface area (Å²) in [6, 6.07) is 0. The first-order valence-corrected chi connectivity index (χ1v) is 24.3. The predicted octanol–water partition coefficient (Wildman–Crippen LogP) is 16.3. The largest absolute Gasteiger partial charge is 0.405 e. The molecule has 1 atom stereocenters. The highest BCUT2D eigenvalue weighted by Gasteiger charge is 2.28. The average molecular weight is 714 g/mol. The van der Waals surface area contributed by atoms with Crippen LogP contribution in [0.2, 0.25) is 0 Å². The second kappa shape index (κ2) is 40.9. The fourth-order valence-corrected chi connectivity index (χ4v) is 8.52. The number of hydrogen-bond donors (Lipinski definition) is 1. The van der Waals surface area contributed by atoms with Gasteiger partial charge in [-0.15, -0.1) is 0 Å². The van der Waals surface area contributed by atoms with Gasteiger partial charge in [0.25, 0.3) is 0 Å². The lowest BCUT2D eigenvalue weighted by Gasteiger charge is -2.26. The minimum absolute atomic E-state index is 0.411. The minimum Gasteiger partial charge on any atom is -0.312 e. The van der Waals surface area contributed by atoms with Crippen LogP contribution in [0.5, 0.6) is 0 Å². The third-order valence-electron chi connectivity index (χ3n) is 10.7. The van der Waals surface area contributed by atoms with Gasteiger partial charge in [0.2, 0.25) is 0 Å². The Morgan fingerprint density at radius 2 is 0.551 bits per heavy atom. The Balaban J connectivity index is 4.08. The first-order chi connectivity index (χ1) is 24.1. The van der Waals surface area contributed by atoms with Crippen LogP contribution in [0.25, 0.3) is 0 Å². The van der Waals surface area contributed by atoms with E-state index < -0.39 is 7.75 Å². The van der Waals surface area contributed by atoms with Gasteiger partial charge >= 0.3 is 7.75 Å². The van der Waals surface area contributed by atoms with Gasteiger partial charge in [-0.05, 0) is 19.3 Å². The summed E-state index contributed by atoms with van der Waals surface area (Å²) in [5.41, 5.74) is 0. The molecule has 0 spiro atoms. The molecule has 0 aromatic rings. The van der Waals surface area contributed by atoms with Crippen LogP contribution in [-0.4, -0.2) is 29.3 Å². The summed E-state index contributed by atoms with van der Waals surface area (Å²) < 4.78 is 20.8. The average Bonchev–Trinajstić information content (AvgIpc) is 3.09. The molecule has 0 heterocycles. The Kier molecular flexibility index (Phi) is 41.0. The fourth-order valence-electron chi connectivity index (χ4n) is 7.20. The Bertz CT molecular complexity index is 624. The molecule has 0 aromatic heterocycles. The van der Waals surface area contributed by atoms with Gasteiger partial charge in [0, 0.05) is 13.1 Å². The lowest BCUT2D eigenvalue weighted by Crippen LogP contribution is -2.24. The zero-order chi connectivity index (χ0) is 35.8. The normalized spacial score (nSPS) is 13.1. The van der Waals surface area contributed by atoms with Crippen molar-refractivity contribution in [2.45, 2.75) is 265 Å². The third kappa shape index (κ3) is 37.7. The molecule has 1 unspecified atom stereocenters. The van der Waals surface area contributed by atoms with Crippen molar-refractivity contribution in [3.63, 3.8) is 0 Å². The molecule has 5 heteroatoms. The molecule has 0 aliphatic carbocycles. The summed E-state index contributed by atoms with van der Waals surface area (Å²) in [7, 11) is -3.71. The van der Waals surface area contributed by atoms with Crippen molar-refractivity contribution in [2.75, 3.05) is 19.7 Å². The summed E-state index contributed by atoms with van der Waals surface area (Å²) in [5, 5.41) is 0. The van der Waals surface area contributed by atoms with E-state index in [2.05, 4.69) is 20.8 Å². The molecule has 296 valence electrons. The van der Waals surface area contributed by atoms with Crippen molar-refractivity contribution >= 4 is 7.75 Å². The molecule has 0 aliphatic heterocycles. The predicted molar refractivity (Wildman–Crippen MR) is 220 cm³/mol. The van der Waals surface area contributed by atoms with Gasteiger partial charge in [-0.25, -0.2) is 9.24 Å². The summed E-state index contributed by atoms with van der Waals surface area (Å²) in [6.45, 7) is 8.62. The lowest BCUT2D eigenvalue weighted by atomic mass is 10.0. The van der Waals surface area contributed by atoms with Crippen molar-refractivity contribution in [1.29, 1.82) is 0 Å². The quantitative estimate of drug-likeness (QED) is 0.0505. The monoisotopic (exact) mass is 714 g/mol. The van der Waals surface area contributed by atoms with Gasteiger partial charge in [-0.3, -0.25) is 4.52 Å². The second-order valence-electron chi connectivity index (χ2n) is 15.7. The highest BCUT2D eigenvalue weighted by molar-refractivity contribution is 7.50. The highest BCUT2D eigenvalue weighted by atomic mass is 31.2. The molecule has 0 fully saturated rings. The molecule has 0 rings (SSSR count). The molecule has 0 bridgehead atoms. The minimum atomic E-state index is -3.71. The Labute approximate surface area is 310 Å². The summed E-state index contributed by atoms with van der Waals surface area (Å²) >= 11 is 0. The van der Waals surface area contributed by atoms with Crippen LogP contribution in [0.15, 0.2) is 0 Å². The molecule has 0 amide bonds. The number of rotatable bonds is 43. The van der Waals surface area contributed by atoms with E-state index >= 15 is 0 Å². The smallest absolute Gasteiger partial charge is 0.312 e. The van der Waals surface area contributed by atoms with Gasteiger partial charge in [0.15, 0.2) is 0 Å². The van der Waals surface area contributed by atoms with E-state index in [1.54, 1.807) is 0 Å². The third-order valence-corrected chi connectivity index (χ3v) is 12.3. The molecule has 0 saturated carbocycles. The summed E-state index contributed by atoms with van der Waals surface area (Å²) in [5.74, 6) is 0. The summed E-state index contributed by atoms with van der Waals surface area (Å²) in [6.07, 6.45) is 50.2. The van der Waals surface area contributed by atoms with E-state index in [0.717, 1.165) is 38.5 Å². The zero-order valence-electron chi connectivity index (χ0n) is 34.1. The van der Waals surface area contributed by atoms with Crippen LogP contribution in [0.1, 0.15) is 265 Å².